The molecule has 0 saturated carbocycles. The summed E-state index contributed by atoms with van der Waals surface area (Å²) in [7, 11) is 0. The molecule has 0 amide bonds. The van der Waals surface area contributed by atoms with Gasteiger partial charge < -0.3 is 66.3 Å². The molecule has 0 fully saturated rings. The van der Waals surface area contributed by atoms with Crippen LogP contribution in [0.25, 0.3) is 0 Å². The van der Waals surface area contributed by atoms with Gasteiger partial charge in [-0.05, 0) is 323 Å². The smallest absolute Gasteiger partial charge is 0.338 e. The molecule has 0 atom stereocenters. The zero-order valence-corrected chi connectivity index (χ0v) is 70.9. The summed E-state index contributed by atoms with van der Waals surface area (Å²) in [4.78, 5) is 107. The van der Waals surface area contributed by atoms with E-state index in [-0.39, 0.29) is 107 Å². The van der Waals surface area contributed by atoms with Crippen molar-refractivity contribution in [1.29, 1.82) is 0 Å². The molecule has 6 rings (SSSR count). The van der Waals surface area contributed by atoms with Gasteiger partial charge in [0.05, 0.1) is 44.5 Å². The van der Waals surface area contributed by atoms with Crippen molar-refractivity contribution in [1.82, 2.24) is 0 Å². The number of benzene rings is 6. The van der Waals surface area contributed by atoms with E-state index in [9.17, 15) is 38.4 Å². The van der Waals surface area contributed by atoms with Crippen LogP contribution in [0.15, 0.2) is 146 Å². The molecule has 616 valence electrons. The Kier molecular flexibility index (Phi) is 31.7. The first-order chi connectivity index (χ1) is 52.7. The van der Waals surface area contributed by atoms with Gasteiger partial charge in [-0.3, -0.25) is 0 Å². The highest BCUT2D eigenvalue weighted by atomic mass is 16.6. The van der Waals surface area contributed by atoms with Gasteiger partial charge in [0.2, 0.25) is 0 Å². The Morgan fingerprint density at radius 3 is 0.509 bits per heavy atom. The van der Waals surface area contributed by atoms with E-state index < -0.39 is 92.6 Å². The van der Waals surface area contributed by atoms with Crippen LogP contribution in [0.5, 0.6) is 34.5 Å². The number of carbonyl (C=O) groups excluding carboxylic acids is 8. The van der Waals surface area contributed by atoms with Crippen LogP contribution >= 0.6 is 0 Å². The van der Waals surface area contributed by atoms with Crippen LogP contribution in [0.3, 0.4) is 0 Å². The quantitative estimate of drug-likeness (QED) is 0.0164. The van der Waals surface area contributed by atoms with Gasteiger partial charge >= 0.3 is 47.8 Å². The first-order valence-corrected chi connectivity index (χ1v) is 38.1. The van der Waals surface area contributed by atoms with E-state index in [2.05, 4.69) is 12.2 Å². The van der Waals surface area contributed by atoms with Crippen molar-refractivity contribution in [3.8, 4) is 34.5 Å². The third-order valence-corrected chi connectivity index (χ3v) is 14.6. The van der Waals surface area contributed by atoms with Crippen LogP contribution < -0.4 is 28.4 Å². The van der Waals surface area contributed by atoms with Gasteiger partial charge in [0.1, 0.15) is 119 Å². The number of allylic oxidation sites excluding steroid dienone is 4. The maximum Gasteiger partial charge on any atom is 0.338 e. The zero-order chi connectivity index (χ0) is 85.0. The molecule has 0 aliphatic heterocycles. The molecule has 6 aromatic carbocycles. The number of unbranched alkanes of at least 4 members (excludes halogenated alkanes) is 2. The highest BCUT2D eigenvalue weighted by Crippen LogP contribution is 2.32. The summed E-state index contributed by atoms with van der Waals surface area (Å²) in [5.74, 6) is -3.52. The molecule has 0 unspecified atom stereocenters. The zero-order valence-electron chi connectivity index (χ0n) is 70.9. The molecular weight excluding hydrogens is 1460 g/mol. The van der Waals surface area contributed by atoms with Gasteiger partial charge in [-0.15, -0.1) is 0 Å². The predicted molar refractivity (Wildman–Crippen MR) is 434 cm³/mol. The Balaban J connectivity index is 1.16. The molecule has 0 heterocycles. The van der Waals surface area contributed by atoms with Gasteiger partial charge in [-0.25, -0.2) is 38.4 Å². The van der Waals surface area contributed by atoms with E-state index in [1.807, 2.05) is 36.4 Å². The second-order valence-electron chi connectivity index (χ2n) is 35.3. The normalized spacial score (nSPS) is 12.4. The van der Waals surface area contributed by atoms with Gasteiger partial charge in [0.25, 0.3) is 0 Å². The fourth-order valence-corrected chi connectivity index (χ4v) is 10.3. The van der Waals surface area contributed by atoms with E-state index in [1.165, 1.54) is 72.8 Å². The molecule has 0 aromatic heterocycles. The van der Waals surface area contributed by atoms with Crippen molar-refractivity contribution in [2.24, 2.45) is 0 Å². The summed E-state index contributed by atoms with van der Waals surface area (Å²) >= 11 is 0. The first kappa shape index (κ1) is 92.0. The number of hydrogen-bond acceptors (Lipinski definition) is 22. The van der Waals surface area contributed by atoms with E-state index >= 15 is 0 Å². The Hall–Kier alpha value is -10.9. The van der Waals surface area contributed by atoms with Crippen LogP contribution in [0.2, 0.25) is 0 Å². The average Bonchev–Trinajstić information content (AvgIpc) is 0.833. The summed E-state index contributed by atoms with van der Waals surface area (Å²) in [6, 6.07) is 28.5. The largest absolute Gasteiger partial charge is 0.490 e. The summed E-state index contributed by atoms with van der Waals surface area (Å²) in [6.45, 7) is 42.0. The minimum absolute atomic E-state index is 0.0508. The molecule has 22 nitrogen and oxygen atoms in total. The fraction of sp³-hybridized carbons (Fsp3) is 0.457. The molecule has 6 aromatic rings. The number of rotatable bonds is 32. The maximum atomic E-state index is 13.4. The monoisotopic (exact) mass is 1570 g/mol. The van der Waals surface area contributed by atoms with E-state index in [0.717, 1.165) is 25.7 Å². The van der Waals surface area contributed by atoms with Gasteiger partial charge in [-0.1, -0.05) is 36.5 Å². The molecular formula is C92H116O22. The topological polar surface area (TPSA) is 266 Å². The average molecular weight is 1570 g/mol. The molecule has 0 bridgehead atoms. The van der Waals surface area contributed by atoms with Gasteiger partial charge in [0, 0.05) is 0 Å². The molecule has 0 radical (unpaired) electrons. The number of ether oxygens (including phenoxy) is 14. The van der Waals surface area contributed by atoms with Crippen LogP contribution in [-0.4, -0.2) is 106 Å². The third kappa shape index (κ3) is 35.0. The Morgan fingerprint density at radius 2 is 0.351 bits per heavy atom. The Bertz CT molecular complexity index is 3750. The lowest BCUT2D eigenvalue weighted by Crippen LogP contribution is -2.25. The standard InChI is InChI=1S/C92H116O22/c1-85(2,3)107-77(93)63-43-64(78(94)108-86(4,5)6)48-73(47-63)103-55-59-37-60(56-104-74-49-65(79(95)109-87(7,8)9)44-66(50-74)80(96)110-88(10,11)12)40-71(39-59)101-35-33-31-29-27-25-26-28-30-32-34-36-102-72-41-61(57-105-75-51-67(81(97)111-89(13,14)15)45-68(52-75)82(98)112-90(16,17)18)38-62(42-72)58-106-76-53-69(83(99)113-91(19,20)21)46-70(54-76)84(100)114-92(22,23)24/h25-26,31-34,37-54H,27-30,35-36,55-58H2,1-24H3. The molecule has 0 spiro atoms. The predicted octanol–water partition coefficient (Wildman–Crippen LogP) is 20.3. The molecule has 0 saturated heterocycles. The minimum Gasteiger partial charge on any atom is -0.490 e. The van der Waals surface area contributed by atoms with Crippen LogP contribution in [0, 0.1) is 0 Å². The van der Waals surface area contributed by atoms with E-state index in [0.29, 0.717) is 33.8 Å². The van der Waals surface area contributed by atoms with Crippen molar-refractivity contribution < 1.29 is 105 Å². The summed E-state index contributed by atoms with van der Waals surface area (Å²) in [5.41, 5.74) is -3.37. The van der Waals surface area contributed by atoms with Crippen molar-refractivity contribution in [2.75, 3.05) is 13.2 Å². The van der Waals surface area contributed by atoms with Crippen LogP contribution in [0.4, 0.5) is 0 Å². The second-order valence-corrected chi connectivity index (χ2v) is 35.3. The number of esters is 8. The Morgan fingerprint density at radius 1 is 0.202 bits per heavy atom. The lowest BCUT2D eigenvalue weighted by atomic mass is 10.1. The van der Waals surface area contributed by atoms with Crippen LogP contribution in [0.1, 0.15) is 297 Å². The molecule has 114 heavy (non-hydrogen) atoms. The van der Waals surface area contributed by atoms with Crippen molar-refractivity contribution in [2.45, 2.75) is 263 Å². The number of carbonyl (C=O) groups is 8. The van der Waals surface area contributed by atoms with Gasteiger partial charge in [-0.2, -0.15) is 0 Å². The first-order valence-electron chi connectivity index (χ1n) is 38.1. The SMILES string of the molecule is CC(C)(C)OC(=O)c1cc(OCc2cc(COc3cc(C(=O)OC(C)(C)C)cc(C(=O)OC(C)(C)C)c3)cc(OCC=CCCC=CCCC=CCOc3cc(COc4cc(C(=O)OC(C)(C)C)cc(C(=O)OC(C)(C)C)c4)cc(COc4cc(C(=O)OC(C)(C)C)cc(C(=O)OC(C)(C)C)c4)c3)c2)cc(C(=O)OC(C)(C)C)c1. The highest BCUT2D eigenvalue weighted by Gasteiger charge is 2.30. The lowest BCUT2D eigenvalue weighted by molar-refractivity contribution is 0.00457. The molecule has 0 aliphatic rings. The summed E-state index contributed by atoms with van der Waals surface area (Å²) in [5, 5.41) is 0. The second kappa shape index (κ2) is 39.2. The van der Waals surface area contributed by atoms with E-state index in [1.54, 1.807) is 190 Å². The Labute approximate surface area is 672 Å². The molecule has 22 heteroatoms. The maximum absolute atomic E-state index is 13.4. The van der Waals surface area contributed by atoms with Crippen molar-refractivity contribution >= 4 is 47.8 Å². The fourth-order valence-electron chi connectivity index (χ4n) is 10.3. The summed E-state index contributed by atoms with van der Waals surface area (Å²) < 4.78 is 83.2. The lowest BCUT2D eigenvalue weighted by Gasteiger charge is -2.21. The van der Waals surface area contributed by atoms with E-state index in [4.69, 9.17) is 66.3 Å². The van der Waals surface area contributed by atoms with Crippen molar-refractivity contribution in [3.63, 3.8) is 0 Å². The molecule has 0 N–H and O–H groups in total. The highest BCUT2D eigenvalue weighted by molar-refractivity contribution is 5.99. The van der Waals surface area contributed by atoms with Gasteiger partial charge in [0.15, 0.2) is 0 Å². The van der Waals surface area contributed by atoms with Crippen LogP contribution in [-0.2, 0) is 64.3 Å². The minimum atomic E-state index is -0.826. The van der Waals surface area contributed by atoms with Crippen molar-refractivity contribution in [3.05, 3.63) is 212 Å². The number of hydrogen-bond donors (Lipinski definition) is 0. The molecule has 0 aliphatic carbocycles. The third-order valence-electron chi connectivity index (χ3n) is 14.6. The summed E-state index contributed by atoms with van der Waals surface area (Å²) in [6.07, 6.45) is 15.1.